The molecule has 1 aromatic rings. The van der Waals surface area contributed by atoms with Gasteiger partial charge in [-0.3, -0.25) is 0 Å². The number of furan rings is 1. The average molecular weight is 119 g/mol. The molecule has 0 spiro atoms. The summed E-state index contributed by atoms with van der Waals surface area (Å²) in [6.07, 6.45) is 7.75. The van der Waals surface area contributed by atoms with Crippen molar-refractivity contribution in [3.63, 3.8) is 0 Å². The number of hydrogen-bond acceptors (Lipinski definition) is 1. The van der Waals surface area contributed by atoms with Gasteiger partial charge in [-0.2, -0.15) is 0 Å². The van der Waals surface area contributed by atoms with Crippen molar-refractivity contribution in [1.82, 2.24) is 0 Å². The average Bonchev–Trinajstić information content (AvgIpc) is 2.34. The maximum Gasteiger partial charge on any atom is 0.126 e. The third-order valence-corrected chi connectivity index (χ3v) is 0.909. The van der Waals surface area contributed by atoms with E-state index in [0.29, 0.717) is 0 Å². The molecule has 0 fully saturated rings. The van der Waals surface area contributed by atoms with E-state index in [0.717, 1.165) is 5.76 Å². The van der Waals surface area contributed by atoms with Gasteiger partial charge in [0.25, 0.3) is 0 Å². The van der Waals surface area contributed by atoms with Crippen molar-refractivity contribution in [1.29, 1.82) is 0 Å². The van der Waals surface area contributed by atoms with Crippen LogP contribution in [0.5, 0.6) is 0 Å². The quantitative estimate of drug-likeness (QED) is 0.544. The molecule has 0 amide bonds. The van der Waals surface area contributed by atoms with Gasteiger partial charge in [-0.05, 0) is 24.3 Å². The zero-order valence-electron chi connectivity index (χ0n) is 5.00. The molecule has 1 heteroatoms. The Morgan fingerprint density at radius 2 is 2.56 bits per heavy atom. The van der Waals surface area contributed by atoms with Crippen molar-refractivity contribution in [2.75, 3.05) is 0 Å². The summed E-state index contributed by atoms with van der Waals surface area (Å²) in [5.41, 5.74) is 0. The molecule has 0 unspecified atom stereocenters. The normalized spacial score (nSPS) is 10.2. The van der Waals surface area contributed by atoms with E-state index in [-0.39, 0.29) is 0 Å². The van der Waals surface area contributed by atoms with Gasteiger partial charge < -0.3 is 4.42 Å². The molecule has 0 N–H and O–H groups in total. The van der Waals surface area contributed by atoms with Gasteiger partial charge in [-0.25, -0.2) is 0 Å². The third kappa shape index (κ3) is 1.61. The maximum atomic E-state index is 4.98. The molecule has 0 aromatic carbocycles. The molecule has 0 aliphatic rings. The first-order chi connectivity index (χ1) is 4.43. The van der Waals surface area contributed by atoms with Crippen molar-refractivity contribution in [2.24, 2.45) is 0 Å². The maximum absolute atomic E-state index is 4.98. The lowest BCUT2D eigenvalue weighted by molar-refractivity contribution is 0.557. The first-order valence-corrected chi connectivity index (χ1v) is 2.66. The van der Waals surface area contributed by atoms with Gasteiger partial charge in [0.1, 0.15) is 5.76 Å². The summed E-state index contributed by atoms with van der Waals surface area (Å²) in [5.74, 6) is 0.825. The molecule has 0 aliphatic heterocycles. The Labute approximate surface area is 54.3 Å². The Morgan fingerprint density at radius 1 is 1.67 bits per heavy atom. The van der Waals surface area contributed by atoms with E-state index in [2.05, 4.69) is 12.7 Å². The molecule has 1 rings (SSSR count). The molecule has 1 radical (unpaired) electrons. The smallest absolute Gasteiger partial charge is 0.126 e. The molecule has 1 heterocycles. The van der Waals surface area contributed by atoms with Crippen LogP contribution in [0.4, 0.5) is 0 Å². The number of rotatable bonds is 2. The lowest BCUT2D eigenvalue weighted by atomic mass is 10.4. The van der Waals surface area contributed by atoms with Gasteiger partial charge in [-0.1, -0.05) is 12.7 Å². The Kier molecular flexibility index (Phi) is 1.91. The van der Waals surface area contributed by atoms with E-state index < -0.39 is 0 Å². The molecule has 0 saturated heterocycles. The second-order valence-corrected chi connectivity index (χ2v) is 1.55. The van der Waals surface area contributed by atoms with E-state index in [4.69, 9.17) is 4.42 Å². The van der Waals surface area contributed by atoms with Crippen molar-refractivity contribution in [3.8, 4) is 0 Å². The van der Waals surface area contributed by atoms with Gasteiger partial charge >= 0.3 is 0 Å². The summed E-state index contributed by atoms with van der Waals surface area (Å²) in [6.45, 7) is 3.41. The lowest BCUT2D eigenvalue weighted by Gasteiger charge is -1.76. The van der Waals surface area contributed by atoms with Crippen molar-refractivity contribution in [3.05, 3.63) is 42.9 Å². The molecule has 9 heavy (non-hydrogen) atoms. The zero-order chi connectivity index (χ0) is 6.53. The topological polar surface area (TPSA) is 13.1 Å². The largest absolute Gasteiger partial charge is 0.465 e. The Hall–Kier alpha value is -1.24. The van der Waals surface area contributed by atoms with Crippen LogP contribution in [0, 0.1) is 6.08 Å². The van der Waals surface area contributed by atoms with Crippen molar-refractivity contribution < 1.29 is 4.42 Å². The van der Waals surface area contributed by atoms with E-state index in [9.17, 15) is 0 Å². The molecule has 0 bridgehead atoms. The number of allylic oxidation sites excluding steroid dienone is 2. The third-order valence-electron chi connectivity index (χ3n) is 0.909. The molecule has 0 atom stereocenters. The fourth-order valence-corrected chi connectivity index (χ4v) is 0.527. The minimum atomic E-state index is 0.825. The molecule has 1 nitrogen and oxygen atoms in total. The van der Waals surface area contributed by atoms with Gasteiger partial charge in [0.2, 0.25) is 0 Å². The molecule has 45 valence electrons. The summed E-state index contributed by atoms with van der Waals surface area (Å²) in [7, 11) is 0. The molecular weight excluding hydrogens is 112 g/mol. The van der Waals surface area contributed by atoms with Crippen molar-refractivity contribution >= 4 is 6.08 Å². The van der Waals surface area contributed by atoms with Crippen LogP contribution in [0.1, 0.15) is 5.76 Å². The van der Waals surface area contributed by atoms with E-state index in [1.807, 2.05) is 12.1 Å². The van der Waals surface area contributed by atoms with Crippen LogP contribution in [0.2, 0.25) is 0 Å². The summed E-state index contributed by atoms with van der Waals surface area (Å²) in [6, 6.07) is 3.70. The first kappa shape index (κ1) is 5.89. The van der Waals surface area contributed by atoms with Crippen LogP contribution in [0.15, 0.2) is 35.5 Å². The minimum absolute atomic E-state index is 0.825. The lowest BCUT2D eigenvalue weighted by Crippen LogP contribution is -1.55. The second-order valence-electron chi connectivity index (χ2n) is 1.55. The second kappa shape index (κ2) is 2.92. The van der Waals surface area contributed by atoms with E-state index in [1.54, 1.807) is 18.4 Å². The molecular formula is C8H7O. The van der Waals surface area contributed by atoms with Gasteiger partial charge in [-0.15, -0.1) is 0 Å². The van der Waals surface area contributed by atoms with Crippen LogP contribution < -0.4 is 0 Å². The Bertz CT molecular complexity index is 194. The van der Waals surface area contributed by atoms with E-state index in [1.165, 1.54) is 0 Å². The molecule has 0 saturated carbocycles. The highest BCUT2D eigenvalue weighted by Crippen LogP contribution is 2.01. The fraction of sp³-hybridized carbons (Fsp3) is 0. The van der Waals surface area contributed by atoms with Crippen LogP contribution in [-0.2, 0) is 0 Å². The molecule has 1 aromatic heterocycles. The first-order valence-electron chi connectivity index (χ1n) is 2.66. The highest BCUT2D eigenvalue weighted by molar-refractivity contribution is 5.43. The fourth-order valence-electron chi connectivity index (χ4n) is 0.527. The number of hydrogen-bond donors (Lipinski definition) is 0. The summed E-state index contributed by atoms with van der Waals surface area (Å²) in [4.78, 5) is 0. The van der Waals surface area contributed by atoms with Crippen LogP contribution >= 0.6 is 0 Å². The standard InChI is InChI=1S/C8H7O/c1-2-3-5-8-6-4-7-9-8/h3-7H,1H2/b5-3+. The highest BCUT2D eigenvalue weighted by atomic mass is 16.3. The summed E-state index contributed by atoms with van der Waals surface area (Å²) in [5, 5.41) is 0. The zero-order valence-corrected chi connectivity index (χ0v) is 5.00. The van der Waals surface area contributed by atoms with Crippen LogP contribution in [0.25, 0.3) is 6.08 Å². The predicted octanol–water partition coefficient (Wildman–Crippen LogP) is 2.28. The monoisotopic (exact) mass is 119 g/mol. The van der Waals surface area contributed by atoms with Crippen molar-refractivity contribution in [2.45, 2.75) is 0 Å². The highest BCUT2D eigenvalue weighted by Gasteiger charge is 1.82. The summed E-state index contributed by atoms with van der Waals surface area (Å²) < 4.78 is 4.98. The molecule has 0 aliphatic carbocycles. The minimum Gasteiger partial charge on any atom is -0.465 e. The van der Waals surface area contributed by atoms with Crippen LogP contribution in [-0.4, -0.2) is 0 Å². The SMILES string of the molecule is C=[C]/C=C/c1ccco1. The predicted molar refractivity (Wildman–Crippen MR) is 36.6 cm³/mol. The van der Waals surface area contributed by atoms with Gasteiger partial charge in [0.05, 0.1) is 6.26 Å². The van der Waals surface area contributed by atoms with Crippen LogP contribution in [0.3, 0.4) is 0 Å². The Morgan fingerprint density at radius 3 is 3.11 bits per heavy atom. The summed E-state index contributed by atoms with van der Waals surface area (Å²) >= 11 is 0. The Balaban J connectivity index is 2.67. The van der Waals surface area contributed by atoms with Gasteiger partial charge in [0.15, 0.2) is 0 Å². The van der Waals surface area contributed by atoms with E-state index >= 15 is 0 Å². The van der Waals surface area contributed by atoms with Gasteiger partial charge in [0, 0.05) is 0 Å².